The Bertz CT molecular complexity index is 648. The summed E-state index contributed by atoms with van der Waals surface area (Å²) in [5, 5.41) is 0. The molecule has 1 aromatic heterocycles. The van der Waals surface area contributed by atoms with Gasteiger partial charge in [-0.1, -0.05) is 20.8 Å². The van der Waals surface area contributed by atoms with E-state index in [1.165, 1.54) is 12.8 Å². The maximum absolute atomic E-state index is 12.9. The molecule has 0 aromatic carbocycles. The minimum atomic E-state index is -0.0663. The number of piperidine rings is 1. The number of hydrogen-bond acceptors (Lipinski definition) is 5. The lowest BCUT2D eigenvalue weighted by Crippen LogP contribution is -2.43. The molecule has 4 rings (SSSR count). The zero-order chi connectivity index (χ0) is 17.7. The molecule has 25 heavy (non-hydrogen) atoms. The van der Waals surface area contributed by atoms with Gasteiger partial charge < -0.3 is 9.64 Å². The Morgan fingerprint density at radius 3 is 2.64 bits per heavy atom. The van der Waals surface area contributed by atoms with Gasteiger partial charge in [-0.05, 0) is 49.5 Å². The van der Waals surface area contributed by atoms with Crippen LogP contribution in [-0.2, 0) is 9.53 Å². The molecule has 3 fully saturated rings. The molecule has 1 aromatic rings. The minimum Gasteiger partial charge on any atom is -0.461 e. The predicted octanol–water partition coefficient (Wildman–Crippen LogP) is 3.45. The van der Waals surface area contributed by atoms with Gasteiger partial charge in [0.05, 0.1) is 5.92 Å². The quantitative estimate of drug-likeness (QED) is 0.787. The van der Waals surface area contributed by atoms with Crippen LogP contribution >= 0.6 is 0 Å². The first-order valence-electron chi connectivity index (χ1n) is 9.64. The molecule has 1 aliphatic heterocycles. The number of rotatable bonds is 3. The molecule has 4 atom stereocenters. The van der Waals surface area contributed by atoms with Gasteiger partial charge in [-0.25, -0.2) is 9.97 Å². The van der Waals surface area contributed by atoms with Gasteiger partial charge in [0.15, 0.2) is 0 Å². The van der Waals surface area contributed by atoms with Crippen LogP contribution in [0, 0.1) is 22.7 Å². The summed E-state index contributed by atoms with van der Waals surface area (Å²) in [5.74, 6) is 1.32. The molecule has 3 aliphatic rings. The second kappa shape index (κ2) is 5.96. The van der Waals surface area contributed by atoms with Gasteiger partial charge in [0.1, 0.15) is 6.10 Å². The van der Waals surface area contributed by atoms with Gasteiger partial charge in [0, 0.05) is 30.9 Å². The molecule has 5 heteroatoms. The summed E-state index contributed by atoms with van der Waals surface area (Å²) in [6.45, 7) is 8.60. The average molecular weight is 343 g/mol. The van der Waals surface area contributed by atoms with Crippen molar-refractivity contribution in [1.82, 2.24) is 9.97 Å². The molecule has 0 amide bonds. The summed E-state index contributed by atoms with van der Waals surface area (Å²) in [6, 6.07) is 1.82. The average Bonchev–Trinajstić information content (AvgIpc) is 2.96. The molecule has 1 saturated heterocycles. The Labute approximate surface area is 150 Å². The second-order valence-electron chi connectivity index (χ2n) is 8.87. The zero-order valence-corrected chi connectivity index (χ0v) is 15.6. The fraction of sp³-hybridized carbons (Fsp3) is 0.750. The highest BCUT2D eigenvalue weighted by Gasteiger charge is 2.63. The molecule has 0 unspecified atom stereocenters. The number of hydrogen-bond donors (Lipinski definition) is 0. The summed E-state index contributed by atoms with van der Waals surface area (Å²) in [6.07, 6.45) is 8.96. The van der Waals surface area contributed by atoms with E-state index in [-0.39, 0.29) is 28.8 Å². The van der Waals surface area contributed by atoms with E-state index in [9.17, 15) is 4.79 Å². The van der Waals surface area contributed by atoms with Gasteiger partial charge in [-0.15, -0.1) is 0 Å². The first-order chi connectivity index (χ1) is 11.9. The highest BCUT2D eigenvalue weighted by molar-refractivity contribution is 5.73. The topological polar surface area (TPSA) is 55.3 Å². The number of nitrogens with zero attached hydrogens (tertiary/aromatic N) is 3. The van der Waals surface area contributed by atoms with E-state index in [2.05, 4.69) is 35.6 Å². The molecular formula is C20H29N3O2. The molecular weight excluding hydrogens is 314 g/mol. The van der Waals surface area contributed by atoms with Crippen LogP contribution in [0.5, 0.6) is 0 Å². The van der Waals surface area contributed by atoms with E-state index < -0.39 is 0 Å². The van der Waals surface area contributed by atoms with E-state index in [4.69, 9.17) is 4.74 Å². The summed E-state index contributed by atoms with van der Waals surface area (Å²) < 4.78 is 6.10. The van der Waals surface area contributed by atoms with E-state index in [0.717, 1.165) is 25.8 Å². The number of fused-ring (bicyclic) bond motifs is 2. The third kappa shape index (κ3) is 2.63. The molecule has 5 nitrogen and oxygen atoms in total. The normalized spacial score (nSPS) is 36.4. The van der Waals surface area contributed by atoms with Crippen LogP contribution in [0.25, 0.3) is 0 Å². The molecule has 136 valence electrons. The molecule has 0 radical (unpaired) electrons. The molecule has 2 aliphatic carbocycles. The van der Waals surface area contributed by atoms with Gasteiger partial charge >= 0.3 is 5.97 Å². The van der Waals surface area contributed by atoms with Crippen molar-refractivity contribution in [3.63, 3.8) is 0 Å². The van der Waals surface area contributed by atoms with Crippen molar-refractivity contribution in [2.75, 3.05) is 18.0 Å². The molecule has 2 bridgehead atoms. The first kappa shape index (κ1) is 16.8. The third-order valence-corrected chi connectivity index (χ3v) is 7.56. The van der Waals surface area contributed by atoms with Crippen molar-refractivity contribution in [1.29, 1.82) is 0 Å². The van der Waals surface area contributed by atoms with Crippen LogP contribution in [0.3, 0.4) is 0 Å². The third-order valence-electron chi connectivity index (χ3n) is 7.56. The summed E-state index contributed by atoms with van der Waals surface area (Å²) in [5.41, 5.74) is 0.401. The van der Waals surface area contributed by atoms with E-state index in [0.29, 0.717) is 18.4 Å². The van der Waals surface area contributed by atoms with Gasteiger partial charge in [-0.3, -0.25) is 4.79 Å². The Balaban J connectivity index is 1.42. The van der Waals surface area contributed by atoms with Crippen molar-refractivity contribution in [3.8, 4) is 0 Å². The Morgan fingerprint density at radius 2 is 2.00 bits per heavy atom. The van der Waals surface area contributed by atoms with E-state index >= 15 is 0 Å². The van der Waals surface area contributed by atoms with Crippen LogP contribution in [0.2, 0.25) is 0 Å². The Kier molecular flexibility index (Phi) is 4.00. The maximum Gasteiger partial charge on any atom is 0.311 e. The van der Waals surface area contributed by atoms with Crippen molar-refractivity contribution >= 4 is 11.9 Å². The Hall–Kier alpha value is -1.65. The van der Waals surface area contributed by atoms with Crippen molar-refractivity contribution in [2.24, 2.45) is 22.7 Å². The van der Waals surface area contributed by atoms with Crippen LogP contribution in [0.4, 0.5) is 5.95 Å². The number of carbonyl (C=O) groups is 1. The van der Waals surface area contributed by atoms with Gasteiger partial charge in [0.2, 0.25) is 5.95 Å². The van der Waals surface area contributed by atoms with Crippen LogP contribution in [-0.4, -0.2) is 35.1 Å². The smallest absolute Gasteiger partial charge is 0.311 e. The first-order valence-corrected chi connectivity index (χ1v) is 9.64. The molecule has 0 N–H and O–H groups in total. The van der Waals surface area contributed by atoms with Crippen LogP contribution in [0.15, 0.2) is 18.5 Å². The highest BCUT2D eigenvalue weighted by atomic mass is 16.5. The Morgan fingerprint density at radius 1 is 1.24 bits per heavy atom. The molecule has 2 saturated carbocycles. The standard InChI is InChI=1S/C20H29N3O2/c1-19(2)15-7-8-20(19,3)16(12-15)25-17(24)14-6-4-11-23(13-14)18-21-9-5-10-22-18/h5,9-10,14-16H,4,6-8,11-13H2,1-3H3/t14-,15-,16+,20-/m0/s1. The number of ether oxygens (including phenoxy) is 1. The predicted molar refractivity (Wildman–Crippen MR) is 96.1 cm³/mol. The lowest BCUT2D eigenvalue weighted by Gasteiger charge is -2.39. The lowest BCUT2D eigenvalue weighted by molar-refractivity contribution is -0.162. The SMILES string of the molecule is CC1(C)[C@H]2CC[C@@]1(C)[C@H](OC(=O)[C@H]1CCCN(c3ncccn3)C1)C2. The van der Waals surface area contributed by atoms with Crippen molar-refractivity contribution in [2.45, 2.75) is 59.0 Å². The van der Waals surface area contributed by atoms with E-state index in [1.54, 1.807) is 12.4 Å². The van der Waals surface area contributed by atoms with Crippen molar-refractivity contribution < 1.29 is 9.53 Å². The monoisotopic (exact) mass is 343 g/mol. The van der Waals surface area contributed by atoms with Crippen molar-refractivity contribution in [3.05, 3.63) is 18.5 Å². The fourth-order valence-corrected chi connectivity index (χ4v) is 5.35. The fourth-order valence-electron chi connectivity index (χ4n) is 5.35. The zero-order valence-electron chi connectivity index (χ0n) is 15.6. The number of aromatic nitrogens is 2. The summed E-state index contributed by atoms with van der Waals surface area (Å²) in [4.78, 5) is 23.6. The minimum absolute atomic E-state index is 0.0183. The van der Waals surface area contributed by atoms with Gasteiger partial charge in [0.25, 0.3) is 0 Å². The number of esters is 1. The molecule has 0 spiro atoms. The summed E-state index contributed by atoms with van der Waals surface area (Å²) >= 11 is 0. The second-order valence-corrected chi connectivity index (χ2v) is 8.87. The number of anilines is 1. The van der Waals surface area contributed by atoms with Crippen LogP contribution < -0.4 is 4.90 Å². The molecule has 2 heterocycles. The lowest BCUT2D eigenvalue weighted by atomic mass is 9.70. The maximum atomic E-state index is 12.9. The van der Waals surface area contributed by atoms with E-state index in [1.807, 2.05) is 6.07 Å². The number of carbonyl (C=O) groups excluding carboxylic acids is 1. The van der Waals surface area contributed by atoms with Gasteiger partial charge in [-0.2, -0.15) is 0 Å². The van der Waals surface area contributed by atoms with Crippen LogP contribution in [0.1, 0.15) is 52.9 Å². The largest absolute Gasteiger partial charge is 0.461 e. The highest BCUT2D eigenvalue weighted by Crippen LogP contribution is 2.66. The summed E-state index contributed by atoms with van der Waals surface area (Å²) in [7, 11) is 0.